The molecule has 0 aromatic rings. The Morgan fingerprint density at radius 1 is 0.929 bits per heavy atom. The zero-order chi connectivity index (χ0) is 21.2. The van der Waals surface area contributed by atoms with E-state index in [4.69, 9.17) is 4.52 Å². The average Bonchev–Trinajstić information content (AvgIpc) is 2.58. The lowest BCUT2D eigenvalue weighted by molar-refractivity contribution is -0.0664. The van der Waals surface area contributed by atoms with Gasteiger partial charge in [-0.15, -0.1) is 0 Å². The van der Waals surface area contributed by atoms with Crippen LogP contribution in [0.2, 0.25) is 0 Å². The van der Waals surface area contributed by atoms with E-state index >= 15 is 0 Å². The Morgan fingerprint density at radius 3 is 1.57 bits per heavy atom. The summed E-state index contributed by atoms with van der Waals surface area (Å²) in [6.45, 7) is 16.7. The highest BCUT2D eigenvalue weighted by atomic mass is 31.2. The van der Waals surface area contributed by atoms with Crippen molar-refractivity contribution in [1.82, 2.24) is 4.90 Å². The summed E-state index contributed by atoms with van der Waals surface area (Å²) in [6, 6.07) is 0. The molecule has 1 N–H and O–H groups in total. The zero-order valence-electron chi connectivity index (χ0n) is 19.5. The van der Waals surface area contributed by atoms with Gasteiger partial charge in [0.1, 0.15) is 0 Å². The Hall–Kier alpha value is 0.110. The van der Waals surface area contributed by atoms with Crippen molar-refractivity contribution in [2.45, 2.75) is 104 Å². The highest BCUT2D eigenvalue weighted by Crippen LogP contribution is 2.47. The molecule has 2 aliphatic carbocycles. The zero-order valence-corrected chi connectivity index (χ0v) is 20.4. The fraction of sp³-hybridized carbons (Fsp3) is 1.00. The Balaban J connectivity index is 2.14. The first-order valence-corrected chi connectivity index (χ1v) is 13.6. The molecule has 2 rings (SSSR count). The summed E-state index contributed by atoms with van der Waals surface area (Å²) in [5, 5.41) is 0. The van der Waals surface area contributed by atoms with Crippen LogP contribution in [0.5, 0.6) is 0 Å². The molecule has 0 aliphatic heterocycles. The maximum atomic E-state index is 11.7. The third kappa shape index (κ3) is 6.30. The predicted molar refractivity (Wildman–Crippen MR) is 119 cm³/mol. The van der Waals surface area contributed by atoms with E-state index in [-0.39, 0.29) is 11.1 Å². The molecule has 1 unspecified atom stereocenters. The number of nitrogens with zero attached hydrogens (tertiary/aromatic N) is 1. The third-order valence-corrected chi connectivity index (χ3v) is 8.71. The van der Waals surface area contributed by atoms with Gasteiger partial charge in [0.05, 0.1) is 6.61 Å². The maximum Gasteiger partial charge on any atom is 0.325 e. The van der Waals surface area contributed by atoms with Crippen LogP contribution in [-0.4, -0.2) is 40.7 Å². The van der Waals surface area contributed by atoms with Crippen LogP contribution in [0.1, 0.15) is 92.9 Å². The fourth-order valence-electron chi connectivity index (χ4n) is 5.89. The van der Waals surface area contributed by atoms with E-state index in [1.165, 1.54) is 58.0 Å². The van der Waals surface area contributed by atoms with Gasteiger partial charge in [-0.3, -0.25) is 9.46 Å². The van der Waals surface area contributed by atoms with Crippen molar-refractivity contribution in [1.29, 1.82) is 0 Å². The standard InChI is InChI=1S/C23H46NO3P/c1-18(2)20-8-12-22(5,13-9-20)24(16-17-27-28(7,25)26)23(6)14-10-21(11-15-23)19(3)4/h18-21H,8-17H2,1-7H3,(H,25,26). The summed E-state index contributed by atoms with van der Waals surface area (Å²) in [5.41, 5.74) is 0.336. The van der Waals surface area contributed by atoms with Crippen LogP contribution in [0.4, 0.5) is 0 Å². The Kier molecular flexibility index (Phi) is 8.27. The summed E-state index contributed by atoms with van der Waals surface area (Å²) in [6.07, 6.45) is 10.1. The first-order chi connectivity index (χ1) is 12.9. The minimum Gasteiger partial charge on any atom is -0.324 e. The molecule has 166 valence electrons. The molecule has 4 nitrogen and oxygen atoms in total. The van der Waals surface area contributed by atoms with Crippen LogP contribution < -0.4 is 0 Å². The maximum absolute atomic E-state index is 11.7. The minimum atomic E-state index is -3.42. The van der Waals surface area contributed by atoms with Crippen LogP contribution in [0.3, 0.4) is 0 Å². The van der Waals surface area contributed by atoms with Gasteiger partial charge in [-0.25, -0.2) is 0 Å². The van der Waals surface area contributed by atoms with Crippen LogP contribution >= 0.6 is 7.60 Å². The van der Waals surface area contributed by atoms with E-state index in [0.717, 1.165) is 30.2 Å². The molecule has 0 spiro atoms. The number of hydrogen-bond acceptors (Lipinski definition) is 3. The van der Waals surface area contributed by atoms with Gasteiger partial charge in [0.2, 0.25) is 0 Å². The topological polar surface area (TPSA) is 49.8 Å². The van der Waals surface area contributed by atoms with Crippen molar-refractivity contribution in [2.75, 3.05) is 19.8 Å². The minimum absolute atomic E-state index is 0.168. The molecule has 0 aromatic carbocycles. The van der Waals surface area contributed by atoms with Gasteiger partial charge in [0, 0.05) is 24.3 Å². The quantitative estimate of drug-likeness (QED) is 0.471. The average molecular weight is 416 g/mol. The van der Waals surface area contributed by atoms with Gasteiger partial charge in [-0.05, 0) is 88.9 Å². The first kappa shape index (κ1) is 24.4. The number of hydrogen-bond donors (Lipinski definition) is 1. The molecule has 0 saturated heterocycles. The molecular formula is C23H46NO3P. The molecule has 2 fully saturated rings. The van der Waals surface area contributed by atoms with E-state index in [2.05, 4.69) is 46.4 Å². The molecule has 5 heteroatoms. The van der Waals surface area contributed by atoms with Gasteiger partial charge >= 0.3 is 7.60 Å². The van der Waals surface area contributed by atoms with Gasteiger partial charge in [0.25, 0.3) is 0 Å². The Labute approximate surface area is 174 Å². The summed E-state index contributed by atoms with van der Waals surface area (Å²) in [4.78, 5) is 12.3. The fourth-order valence-corrected chi connectivity index (χ4v) is 6.31. The van der Waals surface area contributed by atoms with Crippen LogP contribution in [-0.2, 0) is 9.09 Å². The summed E-state index contributed by atoms with van der Waals surface area (Å²) < 4.78 is 17.0. The van der Waals surface area contributed by atoms with Crippen molar-refractivity contribution in [3.8, 4) is 0 Å². The second-order valence-electron chi connectivity index (χ2n) is 10.9. The summed E-state index contributed by atoms with van der Waals surface area (Å²) in [5.74, 6) is 3.20. The van der Waals surface area contributed by atoms with Gasteiger partial charge in [-0.2, -0.15) is 0 Å². The molecular weight excluding hydrogens is 369 g/mol. The van der Waals surface area contributed by atoms with Crippen molar-refractivity contribution >= 4 is 7.60 Å². The van der Waals surface area contributed by atoms with Crippen LogP contribution in [0.15, 0.2) is 0 Å². The SMILES string of the molecule is CC(C)C1CCC(C)(N(CCOP(C)(=O)O)C2(C)CCC(C(C)C)CC2)CC1. The lowest BCUT2D eigenvalue weighted by Gasteiger charge is -2.56. The van der Waals surface area contributed by atoms with Crippen molar-refractivity contribution in [2.24, 2.45) is 23.7 Å². The third-order valence-electron chi connectivity index (χ3n) is 8.05. The highest BCUT2D eigenvalue weighted by Gasteiger charge is 2.46. The largest absolute Gasteiger partial charge is 0.325 e. The van der Waals surface area contributed by atoms with Crippen LogP contribution in [0, 0.1) is 23.7 Å². The van der Waals surface area contributed by atoms with Gasteiger partial charge in [-0.1, -0.05) is 27.7 Å². The van der Waals surface area contributed by atoms with E-state index in [1.807, 2.05) is 0 Å². The molecule has 28 heavy (non-hydrogen) atoms. The van der Waals surface area contributed by atoms with E-state index in [1.54, 1.807) is 0 Å². The molecule has 0 aromatic heterocycles. The van der Waals surface area contributed by atoms with E-state index < -0.39 is 7.60 Å². The van der Waals surface area contributed by atoms with E-state index in [9.17, 15) is 9.46 Å². The molecule has 2 saturated carbocycles. The van der Waals surface area contributed by atoms with Crippen molar-refractivity contribution in [3.05, 3.63) is 0 Å². The second kappa shape index (κ2) is 9.50. The lowest BCUT2D eigenvalue weighted by Crippen LogP contribution is -2.61. The van der Waals surface area contributed by atoms with E-state index in [0.29, 0.717) is 6.61 Å². The van der Waals surface area contributed by atoms with Crippen LogP contribution in [0.25, 0.3) is 0 Å². The molecule has 2 aliphatic rings. The second-order valence-corrected chi connectivity index (χ2v) is 12.8. The Bertz CT molecular complexity index is 492. The number of rotatable bonds is 8. The molecule has 0 radical (unpaired) electrons. The van der Waals surface area contributed by atoms with Gasteiger partial charge in [0.15, 0.2) is 0 Å². The Morgan fingerprint density at radius 2 is 1.29 bits per heavy atom. The molecule has 1 atom stereocenters. The predicted octanol–water partition coefficient (Wildman–Crippen LogP) is 6.33. The molecule has 0 heterocycles. The lowest BCUT2D eigenvalue weighted by atomic mass is 9.68. The summed E-state index contributed by atoms with van der Waals surface area (Å²) >= 11 is 0. The molecule has 0 amide bonds. The van der Waals surface area contributed by atoms with Gasteiger partial charge < -0.3 is 9.42 Å². The van der Waals surface area contributed by atoms with Crippen molar-refractivity contribution < 1.29 is 14.0 Å². The molecule has 0 bridgehead atoms. The monoisotopic (exact) mass is 415 g/mol. The normalized spacial score (nSPS) is 36.8. The highest BCUT2D eigenvalue weighted by molar-refractivity contribution is 7.51. The first-order valence-electron chi connectivity index (χ1n) is 11.6. The van der Waals surface area contributed by atoms with Crippen molar-refractivity contribution in [3.63, 3.8) is 0 Å². The smallest absolute Gasteiger partial charge is 0.324 e. The summed E-state index contributed by atoms with van der Waals surface area (Å²) in [7, 11) is -3.42.